The molecule has 142 valence electrons. The van der Waals surface area contributed by atoms with Crippen molar-refractivity contribution < 1.29 is 37.1 Å². The first kappa shape index (κ1) is 21.0. The Morgan fingerprint density at radius 3 is 2.36 bits per heavy atom. The van der Waals surface area contributed by atoms with Crippen molar-refractivity contribution in [2.75, 3.05) is 40.2 Å². The number of carbonyl (C=O) groups is 1. The summed E-state index contributed by atoms with van der Waals surface area (Å²) in [4.78, 5) is 13.1. The number of carbonyl (C=O) groups excluding carboxylic acids is 1. The molecule has 1 atom stereocenters. The van der Waals surface area contributed by atoms with Gasteiger partial charge in [-0.15, -0.1) is 0 Å². The van der Waals surface area contributed by atoms with Gasteiger partial charge in [-0.2, -0.15) is 8.42 Å². The van der Waals surface area contributed by atoms with Crippen molar-refractivity contribution in [3.8, 4) is 11.5 Å². The van der Waals surface area contributed by atoms with E-state index in [0.717, 1.165) is 5.56 Å². The summed E-state index contributed by atoms with van der Waals surface area (Å²) in [6.45, 7) is 0.839. The van der Waals surface area contributed by atoms with Crippen LogP contribution in [-0.2, 0) is 21.3 Å². The highest BCUT2D eigenvalue weighted by Crippen LogP contribution is 2.27. The zero-order chi connectivity index (χ0) is 19.0. The molecule has 0 spiro atoms. The molecule has 1 amide bonds. The molecule has 0 unspecified atom stereocenters. The van der Waals surface area contributed by atoms with Crippen LogP contribution in [-0.4, -0.2) is 75.3 Å². The fourth-order valence-corrected chi connectivity index (χ4v) is 2.15. The SMILES string of the molecule is COc1ccc(CCN2C[C@@H](CO)OC2=O)cc1OC.CS(=O)(=O)O. The summed E-state index contributed by atoms with van der Waals surface area (Å²) in [6, 6.07) is 5.67. The number of rotatable bonds is 6. The zero-order valence-electron chi connectivity index (χ0n) is 14.3. The molecule has 9 nitrogen and oxygen atoms in total. The smallest absolute Gasteiger partial charge is 0.410 e. The van der Waals surface area contributed by atoms with E-state index in [-0.39, 0.29) is 12.7 Å². The zero-order valence-corrected chi connectivity index (χ0v) is 15.2. The summed E-state index contributed by atoms with van der Waals surface area (Å²) >= 11 is 0. The average Bonchev–Trinajstić information content (AvgIpc) is 2.91. The number of methoxy groups -OCH3 is 2. The van der Waals surface area contributed by atoms with Crippen molar-refractivity contribution in [2.45, 2.75) is 12.5 Å². The third-order valence-corrected chi connectivity index (χ3v) is 3.27. The predicted molar refractivity (Wildman–Crippen MR) is 89.7 cm³/mol. The van der Waals surface area contributed by atoms with Gasteiger partial charge >= 0.3 is 6.09 Å². The normalized spacial score (nSPS) is 16.8. The van der Waals surface area contributed by atoms with E-state index in [4.69, 9.17) is 23.9 Å². The van der Waals surface area contributed by atoms with Crippen molar-refractivity contribution in [1.82, 2.24) is 4.90 Å². The molecule has 1 aromatic carbocycles. The van der Waals surface area contributed by atoms with Gasteiger partial charge in [-0.1, -0.05) is 6.07 Å². The highest BCUT2D eigenvalue weighted by molar-refractivity contribution is 7.85. The van der Waals surface area contributed by atoms with Crippen LogP contribution < -0.4 is 9.47 Å². The highest BCUT2D eigenvalue weighted by atomic mass is 32.2. The molecule has 1 aliphatic rings. The highest BCUT2D eigenvalue weighted by Gasteiger charge is 2.30. The maximum Gasteiger partial charge on any atom is 0.410 e. The summed E-state index contributed by atoms with van der Waals surface area (Å²) in [7, 11) is -0.488. The van der Waals surface area contributed by atoms with Crippen LogP contribution in [0, 0.1) is 0 Å². The first-order valence-corrected chi connectivity index (χ1v) is 9.22. The van der Waals surface area contributed by atoms with E-state index < -0.39 is 16.2 Å². The van der Waals surface area contributed by atoms with Crippen LogP contribution in [0.3, 0.4) is 0 Å². The number of cyclic esters (lactones) is 1. The molecule has 0 radical (unpaired) electrons. The van der Waals surface area contributed by atoms with Crippen LogP contribution in [0.1, 0.15) is 5.56 Å². The van der Waals surface area contributed by atoms with Crippen LogP contribution in [0.5, 0.6) is 11.5 Å². The second-order valence-electron chi connectivity index (χ2n) is 5.31. The molecule has 0 aliphatic carbocycles. The Morgan fingerprint density at radius 2 is 1.88 bits per heavy atom. The Kier molecular flexibility index (Phi) is 7.94. The Hall–Kier alpha value is -2.04. The molecule has 0 aromatic heterocycles. The van der Waals surface area contributed by atoms with E-state index in [0.29, 0.717) is 37.3 Å². The van der Waals surface area contributed by atoms with Crippen molar-refractivity contribution >= 4 is 16.2 Å². The van der Waals surface area contributed by atoms with E-state index in [1.807, 2.05) is 18.2 Å². The largest absolute Gasteiger partial charge is 0.493 e. The second kappa shape index (κ2) is 9.44. The maximum absolute atomic E-state index is 11.5. The van der Waals surface area contributed by atoms with Gasteiger partial charge < -0.3 is 24.2 Å². The van der Waals surface area contributed by atoms with E-state index in [9.17, 15) is 13.2 Å². The lowest BCUT2D eigenvalue weighted by molar-refractivity contribution is 0.0948. The summed E-state index contributed by atoms with van der Waals surface area (Å²) in [5.74, 6) is 1.35. The molecule has 10 heteroatoms. The van der Waals surface area contributed by atoms with Gasteiger partial charge in [-0.25, -0.2) is 4.79 Å². The van der Waals surface area contributed by atoms with Gasteiger partial charge in [-0.05, 0) is 24.1 Å². The topological polar surface area (TPSA) is 123 Å². The molecule has 0 bridgehead atoms. The van der Waals surface area contributed by atoms with Crippen LogP contribution in [0.2, 0.25) is 0 Å². The average molecular weight is 377 g/mol. The van der Waals surface area contributed by atoms with Gasteiger partial charge in [0.15, 0.2) is 11.5 Å². The number of ether oxygens (including phenoxy) is 3. The lowest BCUT2D eigenvalue weighted by Gasteiger charge is -2.14. The lowest BCUT2D eigenvalue weighted by atomic mass is 10.1. The number of aliphatic hydroxyl groups excluding tert-OH is 1. The number of benzene rings is 1. The van der Waals surface area contributed by atoms with Crippen molar-refractivity contribution in [3.63, 3.8) is 0 Å². The van der Waals surface area contributed by atoms with Crippen LogP contribution >= 0.6 is 0 Å². The minimum Gasteiger partial charge on any atom is -0.493 e. The molecule has 1 heterocycles. The number of hydrogen-bond acceptors (Lipinski definition) is 7. The molecule has 1 aromatic rings. The minimum atomic E-state index is -3.67. The summed E-state index contributed by atoms with van der Waals surface area (Å²) < 4.78 is 41.3. The quantitative estimate of drug-likeness (QED) is 0.690. The van der Waals surface area contributed by atoms with Crippen LogP contribution in [0.15, 0.2) is 18.2 Å². The van der Waals surface area contributed by atoms with Gasteiger partial charge in [0, 0.05) is 6.54 Å². The minimum absolute atomic E-state index is 0.140. The van der Waals surface area contributed by atoms with Crippen molar-refractivity contribution in [2.24, 2.45) is 0 Å². The summed E-state index contributed by atoms with van der Waals surface area (Å²) in [5.41, 5.74) is 1.04. The van der Waals surface area contributed by atoms with Crippen LogP contribution in [0.4, 0.5) is 4.79 Å². The monoisotopic (exact) mass is 377 g/mol. The standard InChI is InChI=1S/C14H19NO5.CH4O3S/c1-18-12-4-3-10(7-13(12)19-2)5-6-15-8-11(9-16)20-14(15)17;1-5(2,3)4/h3-4,7,11,16H,5-6,8-9H2,1-2H3;1H3,(H,2,3,4)/t11-;/m0./s1. The van der Waals surface area contributed by atoms with E-state index in [2.05, 4.69) is 0 Å². The van der Waals surface area contributed by atoms with Crippen molar-refractivity contribution in [1.29, 1.82) is 0 Å². The second-order valence-corrected chi connectivity index (χ2v) is 6.77. The Labute approximate surface area is 146 Å². The Balaban J connectivity index is 0.000000550. The van der Waals surface area contributed by atoms with Crippen LogP contribution in [0.25, 0.3) is 0 Å². The van der Waals surface area contributed by atoms with E-state index in [1.165, 1.54) is 0 Å². The molecule has 2 rings (SSSR count). The number of aliphatic hydroxyl groups is 1. The Morgan fingerprint density at radius 1 is 1.28 bits per heavy atom. The first-order chi connectivity index (χ1) is 11.7. The number of nitrogens with zero attached hydrogens (tertiary/aromatic N) is 1. The fraction of sp³-hybridized carbons (Fsp3) is 0.533. The van der Waals surface area contributed by atoms with Gasteiger partial charge in [0.2, 0.25) is 0 Å². The first-order valence-electron chi connectivity index (χ1n) is 7.37. The molecule has 1 fully saturated rings. The molecule has 1 aliphatic heterocycles. The van der Waals surface area contributed by atoms with Gasteiger partial charge in [0.05, 0.1) is 33.6 Å². The maximum atomic E-state index is 11.5. The Bertz CT molecular complexity index is 668. The number of hydrogen-bond donors (Lipinski definition) is 2. The fourth-order valence-electron chi connectivity index (χ4n) is 2.15. The summed E-state index contributed by atoms with van der Waals surface area (Å²) in [5, 5.41) is 8.98. The van der Waals surface area contributed by atoms with Gasteiger partial charge in [-0.3, -0.25) is 4.55 Å². The van der Waals surface area contributed by atoms with E-state index in [1.54, 1.807) is 19.1 Å². The molecule has 0 saturated carbocycles. The predicted octanol–water partition coefficient (Wildman–Crippen LogP) is 0.563. The third kappa shape index (κ3) is 7.59. The van der Waals surface area contributed by atoms with Gasteiger partial charge in [0.25, 0.3) is 10.1 Å². The number of amides is 1. The molecule has 25 heavy (non-hydrogen) atoms. The van der Waals surface area contributed by atoms with E-state index >= 15 is 0 Å². The molecule has 1 saturated heterocycles. The molecule has 2 N–H and O–H groups in total. The summed E-state index contributed by atoms with van der Waals surface area (Å²) in [6.07, 6.45) is 0.623. The van der Waals surface area contributed by atoms with Gasteiger partial charge in [0.1, 0.15) is 6.10 Å². The third-order valence-electron chi connectivity index (χ3n) is 3.27. The molecular formula is C15H23NO8S. The lowest BCUT2D eigenvalue weighted by Crippen LogP contribution is -2.28. The molecular weight excluding hydrogens is 354 g/mol. The van der Waals surface area contributed by atoms with Crippen molar-refractivity contribution in [3.05, 3.63) is 23.8 Å².